The minimum Gasteiger partial charge on any atom is -0.477 e. The number of nitrogens with zero attached hydrogens (tertiary/aromatic N) is 3. The lowest BCUT2D eigenvalue weighted by molar-refractivity contribution is -0.0814. The monoisotopic (exact) mass is 295 g/mol. The van der Waals surface area contributed by atoms with Crippen molar-refractivity contribution in [1.29, 1.82) is 0 Å². The van der Waals surface area contributed by atoms with Gasteiger partial charge >= 0.3 is 5.97 Å². The van der Waals surface area contributed by atoms with Gasteiger partial charge in [-0.15, -0.1) is 5.10 Å². The highest BCUT2D eigenvalue weighted by Gasteiger charge is 2.24. The molecule has 0 atom stereocenters. The molecule has 0 aromatic carbocycles. The number of hydrogen-bond donors (Lipinski definition) is 1. The molecule has 8 heteroatoms. The number of carboxylic acid groups (broad SMARTS) is 1. The van der Waals surface area contributed by atoms with Gasteiger partial charge < -0.3 is 14.6 Å². The molecule has 2 aromatic heterocycles. The topological polar surface area (TPSA) is 86.5 Å². The molecule has 7 nitrogen and oxygen atoms in total. The van der Waals surface area contributed by atoms with Crippen LogP contribution < -0.4 is 4.74 Å². The highest BCUT2D eigenvalue weighted by molar-refractivity contribution is 6.32. The first-order chi connectivity index (χ1) is 9.65. The third-order valence-electron chi connectivity index (χ3n) is 2.74. The van der Waals surface area contributed by atoms with Crippen molar-refractivity contribution in [2.24, 2.45) is 0 Å². The Morgan fingerprint density at radius 1 is 1.55 bits per heavy atom. The van der Waals surface area contributed by atoms with Crippen molar-refractivity contribution in [3.63, 3.8) is 0 Å². The van der Waals surface area contributed by atoms with E-state index in [0.29, 0.717) is 18.2 Å². The Morgan fingerprint density at radius 3 is 2.95 bits per heavy atom. The van der Waals surface area contributed by atoms with Gasteiger partial charge in [0, 0.05) is 12.3 Å². The van der Waals surface area contributed by atoms with Gasteiger partial charge in [0.2, 0.25) is 5.88 Å². The number of ether oxygens (including phenoxy) is 2. The first kappa shape index (κ1) is 12.9. The van der Waals surface area contributed by atoms with E-state index >= 15 is 0 Å². The van der Waals surface area contributed by atoms with Crippen LogP contribution in [-0.4, -0.2) is 45.2 Å². The molecule has 1 N–H and O–H groups in total. The molecule has 3 rings (SSSR count). The fourth-order valence-electron chi connectivity index (χ4n) is 1.72. The normalized spacial score (nSPS) is 14.8. The molecule has 2 aromatic rings. The van der Waals surface area contributed by atoms with Crippen molar-refractivity contribution in [2.45, 2.75) is 6.10 Å². The largest absolute Gasteiger partial charge is 0.477 e. The van der Waals surface area contributed by atoms with Crippen LogP contribution in [0.4, 0.5) is 0 Å². The summed E-state index contributed by atoms with van der Waals surface area (Å²) >= 11 is 6.01. The predicted molar refractivity (Wildman–Crippen MR) is 68.6 cm³/mol. The Kier molecular flexibility index (Phi) is 3.29. The van der Waals surface area contributed by atoms with Gasteiger partial charge in [0.25, 0.3) is 0 Å². The molecule has 0 amide bonds. The van der Waals surface area contributed by atoms with Crippen LogP contribution in [0.2, 0.25) is 5.02 Å². The SMILES string of the molecule is O=C(O)c1cc(OC2COC2)nn1-c1ncccc1Cl. The van der Waals surface area contributed by atoms with E-state index < -0.39 is 5.97 Å². The number of halogens is 1. The first-order valence-electron chi connectivity index (χ1n) is 5.84. The minimum absolute atomic E-state index is 0.0687. The lowest BCUT2D eigenvalue weighted by atomic mass is 10.3. The second kappa shape index (κ2) is 5.10. The van der Waals surface area contributed by atoms with Crippen LogP contribution in [0.25, 0.3) is 5.82 Å². The Hall–Kier alpha value is -2.12. The highest BCUT2D eigenvalue weighted by Crippen LogP contribution is 2.23. The van der Waals surface area contributed by atoms with Crippen molar-refractivity contribution in [2.75, 3.05) is 13.2 Å². The molecule has 3 heterocycles. The van der Waals surface area contributed by atoms with E-state index in [-0.39, 0.29) is 23.5 Å². The summed E-state index contributed by atoms with van der Waals surface area (Å²) in [7, 11) is 0. The summed E-state index contributed by atoms with van der Waals surface area (Å²) in [6, 6.07) is 4.60. The van der Waals surface area contributed by atoms with Gasteiger partial charge in [0.1, 0.15) is 6.10 Å². The van der Waals surface area contributed by atoms with E-state index in [1.807, 2.05) is 0 Å². The fourth-order valence-corrected chi connectivity index (χ4v) is 1.92. The van der Waals surface area contributed by atoms with Crippen LogP contribution in [0.5, 0.6) is 5.88 Å². The molecule has 0 saturated carbocycles. The first-order valence-corrected chi connectivity index (χ1v) is 6.21. The number of pyridine rings is 1. The van der Waals surface area contributed by atoms with Gasteiger partial charge in [-0.25, -0.2) is 14.5 Å². The Morgan fingerprint density at radius 2 is 2.35 bits per heavy atom. The summed E-state index contributed by atoms with van der Waals surface area (Å²) in [5.74, 6) is -0.692. The minimum atomic E-state index is -1.14. The molecular weight excluding hydrogens is 286 g/mol. The van der Waals surface area contributed by atoms with E-state index in [9.17, 15) is 9.90 Å². The second-order valence-corrected chi connectivity index (χ2v) is 4.58. The fraction of sp³-hybridized carbons (Fsp3) is 0.250. The van der Waals surface area contributed by atoms with Gasteiger partial charge in [-0.2, -0.15) is 0 Å². The lowest BCUT2D eigenvalue weighted by Gasteiger charge is -2.25. The summed E-state index contributed by atoms with van der Waals surface area (Å²) in [6.45, 7) is 0.944. The summed E-state index contributed by atoms with van der Waals surface area (Å²) in [4.78, 5) is 15.3. The van der Waals surface area contributed by atoms with Crippen LogP contribution in [-0.2, 0) is 4.74 Å². The predicted octanol–water partition coefficient (Wildman–Crippen LogP) is 1.40. The van der Waals surface area contributed by atoms with Crippen LogP contribution >= 0.6 is 11.6 Å². The molecule has 0 spiro atoms. The molecule has 0 radical (unpaired) electrons. The molecule has 104 valence electrons. The van der Waals surface area contributed by atoms with Crippen molar-refractivity contribution in [3.05, 3.63) is 35.1 Å². The maximum Gasteiger partial charge on any atom is 0.354 e. The lowest BCUT2D eigenvalue weighted by Crippen LogP contribution is -2.38. The molecule has 1 fully saturated rings. The number of hydrogen-bond acceptors (Lipinski definition) is 5. The third-order valence-corrected chi connectivity index (χ3v) is 3.04. The number of aromatic nitrogens is 3. The quantitative estimate of drug-likeness (QED) is 0.917. The van der Waals surface area contributed by atoms with E-state index in [4.69, 9.17) is 21.1 Å². The van der Waals surface area contributed by atoms with E-state index in [2.05, 4.69) is 10.1 Å². The molecule has 1 saturated heterocycles. The maximum absolute atomic E-state index is 11.3. The number of carboxylic acids is 1. The molecule has 20 heavy (non-hydrogen) atoms. The summed E-state index contributed by atoms with van der Waals surface area (Å²) < 4.78 is 11.6. The van der Waals surface area contributed by atoms with E-state index in [1.165, 1.54) is 12.3 Å². The van der Waals surface area contributed by atoms with E-state index in [1.54, 1.807) is 12.1 Å². The van der Waals surface area contributed by atoms with Gasteiger partial charge in [0.15, 0.2) is 11.5 Å². The Labute approximate surface area is 118 Å². The highest BCUT2D eigenvalue weighted by atomic mass is 35.5. The third kappa shape index (κ3) is 2.33. The summed E-state index contributed by atoms with van der Waals surface area (Å²) in [5.41, 5.74) is -0.0687. The van der Waals surface area contributed by atoms with Crippen molar-refractivity contribution >= 4 is 17.6 Å². The second-order valence-electron chi connectivity index (χ2n) is 4.17. The zero-order valence-corrected chi connectivity index (χ0v) is 10.9. The standard InChI is InChI=1S/C12H10ClN3O4/c13-8-2-1-3-14-11(8)16-9(12(17)18)4-10(15-16)20-7-5-19-6-7/h1-4,7H,5-6H2,(H,17,18). The molecule has 1 aliphatic rings. The molecular formula is C12H10ClN3O4. The van der Waals surface area contributed by atoms with Crippen molar-refractivity contribution < 1.29 is 19.4 Å². The van der Waals surface area contributed by atoms with Gasteiger partial charge in [-0.3, -0.25) is 0 Å². The number of carbonyl (C=O) groups is 1. The van der Waals surface area contributed by atoms with Gasteiger partial charge in [-0.05, 0) is 12.1 Å². The van der Waals surface area contributed by atoms with Gasteiger partial charge in [0.05, 0.1) is 18.2 Å². The molecule has 0 aliphatic carbocycles. The number of rotatable bonds is 4. The van der Waals surface area contributed by atoms with Crippen LogP contribution in [0.3, 0.4) is 0 Å². The van der Waals surface area contributed by atoms with Gasteiger partial charge in [-0.1, -0.05) is 11.6 Å². The summed E-state index contributed by atoms with van der Waals surface area (Å²) in [5, 5.41) is 13.6. The van der Waals surface area contributed by atoms with Crippen molar-refractivity contribution in [3.8, 4) is 11.7 Å². The molecule has 0 bridgehead atoms. The Bertz CT molecular complexity index is 654. The Balaban J connectivity index is 2.00. The molecule has 0 unspecified atom stereocenters. The average Bonchev–Trinajstić information content (AvgIpc) is 2.78. The van der Waals surface area contributed by atoms with Crippen LogP contribution in [0.1, 0.15) is 10.5 Å². The number of aromatic carboxylic acids is 1. The van der Waals surface area contributed by atoms with E-state index in [0.717, 1.165) is 4.68 Å². The summed E-state index contributed by atoms with van der Waals surface area (Å²) in [6.07, 6.45) is 1.41. The molecule has 1 aliphatic heterocycles. The smallest absolute Gasteiger partial charge is 0.354 e. The van der Waals surface area contributed by atoms with Crippen molar-refractivity contribution in [1.82, 2.24) is 14.8 Å². The maximum atomic E-state index is 11.3. The van der Waals surface area contributed by atoms with Crippen LogP contribution in [0, 0.1) is 0 Å². The van der Waals surface area contributed by atoms with Crippen LogP contribution in [0.15, 0.2) is 24.4 Å². The zero-order chi connectivity index (χ0) is 14.1. The zero-order valence-electron chi connectivity index (χ0n) is 10.2. The average molecular weight is 296 g/mol.